The molecule has 0 aliphatic carbocycles. The second kappa shape index (κ2) is 8.94. The SMILES string of the molecule is C#CCNS(=O)(=O)c1ccc(C(=O)Nc2nc(CCC)c(CC)s2)cc1. The van der Waals surface area contributed by atoms with Gasteiger partial charge in [-0.3, -0.25) is 10.1 Å². The van der Waals surface area contributed by atoms with Crippen molar-refractivity contribution in [1.82, 2.24) is 9.71 Å². The average Bonchev–Trinajstić information content (AvgIpc) is 3.02. The minimum Gasteiger partial charge on any atom is -0.298 e. The van der Waals surface area contributed by atoms with Crippen LogP contribution in [0.2, 0.25) is 0 Å². The number of hydrogen-bond donors (Lipinski definition) is 2. The van der Waals surface area contributed by atoms with Crippen molar-refractivity contribution in [3.8, 4) is 12.3 Å². The lowest BCUT2D eigenvalue weighted by Gasteiger charge is -2.05. The van der Waals surface area contributed by atoms with E-state index in [1.165, 1.54) is 40.5 Å². The molecule has 0 radical (unpaired) electrons. The summed E-state index contributed by atoms with van der Waals surface area (Å²) in [4.78, 5) is 18.1. The number of anilines is 1. The molecule has 0 saturated carbocycles. The van der Waals surface area contributed by atoms with Crippen molar-refractivity contribution in [1.29, 1.82) is 0 Å². The summed E-state index contributed by atoms with van der Waals surface area (Å²) in [7, 11) is -3.67. The third-order valence-electron chi connectivity index (χ3n) is 3.60. The number of carbonyl (C=O) groups excluding carboxylic acids is 1. The summed E-state index contributed by atoms with van der Waals surface area (Å²) in [5.41, 5.74) is 1.38. The van der Waals surface area contributed by atoms with Crippen LogP contribution in [-0.4, -0.2) is 25.9 Å². The van der Waals surface area contributed by atoms with Gasteiger partial charge in [0, 0.05) is 10.4 Å². The Bertz CT molecular complexity index is 910. The Kier molecular flexibility index (Phi) is 6.91. The van der Waals surface area contributed by atoms with Gasteiger partial charge in [0.2, 0.25) is 10.0 Å². The molecule has 0 fully saturated rings. The molecule has 0 bridgehead atoms. The molecular weight excluding hydrogens is 370 g/mol. The van der Waals surface area contributed by atoms with Crippen LogP contribution in [-0.2, 0) is 22.9 Å². The van der Waals surface area contributed by atoms with Gasteiger partial charge < -0.3 is 0 Å². The van der Waals surface area contributed by atoms with Crippen molar-refractivity contribution in [2.24, 2.45) is 0 Å². The number of rotatable bonds is 8. The van der Waals surface area contributed by atoms with Crippen LogP contribution in [0.5, 0.6) is 0 Å². The molecule has 1 amide bonds. The van der Waals surface area contributed by atoms with Crippen molar-refractivity contribution >= 4 is 32.4 Å². The first-order valence-electron chi connectivity index (χ1n) is 8.24. The lowest BCUT2D eigenvalue weighted by molar-refractivity contribution is 0.102. The Morgan fingerprint density at radius 2 is 1.96 bits per heavy atom. The molecule has 2 rings (SSSR count). The van der Waals surface area contributed by atoms with Gasteiger partial charge in [0.15, 0.2) is 5.13 Å². The molecule has 1 heterocycles. The number of sulfonamides is 1. The van der Waals surface area contributed by atoms with Crippen LogP contribution < -0.4 is 10.0 Å². The van der Waals surface area contributed by atoms with Crippen LogP contribution in [0, 0.1) is 12.3 Å². The summed E-state index contributed by atoms with van der Waals surface area (Å²) in [5, 5.41) is 3.34. The summed E-state index contributed by atoms with van der Waals surface area (Å²) >= 11 is 1.47. The lowest BCUT2D eigenvalue weighted by Crippen LogP contribution is -2.24. The van der Waals surface area contributed by atoms with Crippen molar-refractivity contribution in [3.05, 3.63) is 40.4 Å². The zero-order valence-corrected chi connectivity index (χ0v) is 16.3. The predicted molar refractivity (Wildman–Crippen MR) is 104 cm³/mol. The van der Waals surface area contributed by atoms with Crippen molar-refractivity contribution in [2.45, 2.75) is 38.0 Å². The molecular formula is C18H21N3O3S2. The molecule has 138 valence electrons. The number of amides is 1. The average molecular weight is 392 g/mol. The summed E-state index contributed by atoms with van der Waals surface area (Å²) in [6, 6.07) is 5.66. The molecule has 1 aromatic carbocycles. The number of nitrogens with zero attached hydrogens (tertiary/aromatic N) is 1. The Hall–Kier alpha value is -2.21. The second-order valence-corrected chi connectivity index (χ2v) is 8.35. The minimum absolute atomic E-state index is 0.0528. The van der Waals surface area contributed by atoms with Crippen LogP contribution in [0.3, 0.4) is 0 Å². The third kappa shape index (κ3) is 4.91. The van der Waals surface area contributed by atoms with E-state index in [-0.39, 0.29) is 17.3 Å². The number of carbonyl (C=O) groups is 1. The smallest absolute Gasteiger partial charge is 0.257 e. The number of aromatic nitrogens is 1. The van der Waals surface area contributed by atoms with Gasteiger partial charge in [0.1, 0.15) is 0 Å². The molecule has 0 spiro atoms. The molecule has 2 N–H and O–H groups in total. The first-order chi connectivity index (χ1) is 12.4. The summed E-state index contributed by atoms with van der Waals surface area (Å²) < 4.78 is 26.2. The number of hydrogen-bond acceptors (Lipinski definition) is 5. The topological polar surface area (TPSA) is 88.2 Å². The number of aryl methyl sites for hydroxylation is 2. The van der Waals surface area contributed by atoms with E-state index in [2.05, 4.69) is 34.8 Å². The minimum atomic E-state index is -3.67. The largest absolute Gasteiger partial charge is 0.298 e. The Balaban J connectivity index is 2.12. The summed E-state index contributed by atoms with van der Waals surface area (Å²) in [5.74, 6) is 1.88. The van der Waals surface area contributed by atoms with Crippen LogP contribution in [0.25, 0.3) is 0 Å². The lowest BCUT2D eigenvalue weighted by atomic mass is 10.2. The van der Waals surface area contributed by atoms with Gasteiger partial charge in [0.25, 0.3) is 5.91 Å². The van der Waals surface area contributed by atoms with E-state index in [1.807, 2.05) is 0 Å². The molecule has 0 unspecified atom stereocenters. The Morgan fingerprint density at radius 1 is 1.27 bits per heavy atom. The molecule has 26 heavy (non-hydrogen) atoms. The number of thiazole rings is 1. The molecule has 8 heteroatoms. The monoisotopic (exact) mass is 391 g/mol. The highest BCUT2D eigenvalue weighted by molar-refractivity contribution is 7.89. The highest BCUT2D eigenvalue weighted by Gasteiger charge is 2.16. The maximum absolute atomic E-state index is 12.4. The van der Waals surface area contributed by atoms with E-state index >= 15 is 0 Å². The van der Waals surface area contributed by atoms with Crippen molar-refractivity contribution < 1.29 is 13.2 Å². The van der Waals surface area contributed by atoms with E-state index in [0.717, 1.165) is 25.0 Å². The third-order valence-corrected chi connectivity index (χ3v) is 6.17. The molecule has 0 aliphatic rings. The summed E-state index contributed by atoms with van der Waals surface area (Å²) in [6.07, 6.45) is 7.81. The maximum atomic E-state index is 12.4. The highest BCUT2D eigenvalue weighted by atomic mass is 32.2. The van der Waals surface area contributed by atoms with Gasteiger partial charge in [-0.2, -0.15) is 4.72 Å². The first kappa shape index (κ1) is 20.1. The van der Waals surface area contributed by atoms with Gasteiger partial charge in [-0.15, -0.1) is 17.8 Å². The van der Waals surface area contributed by atoms with E-state index < -0.39 is 10.0 Å². The standard InChI is InChI=1S/C18H21N3O3S2/c1-4-7-15-16(6-3)25-18(20-15)21-17(22)13-8-10-14(11-9-13)26(23,24)19-12-5-2/h2,8-11,19H,4,6-7,12H2,1,3H3,(H,20,21,22). The van der Waals surface area contributed by atoms with Crippen LogP contribution in [0.15, 0.2) is 29.2 Å². The number of benzene rings is 1. The van der Waals surface area contributed by atoms with Crippen LogP contribution >= 0.6 is 11.3 Å². The number of nitrogens with one attached hydrogen (secondary N) is 2. The summed E-state index contributed by atoms with van der Waals surface area (Å²) in [6.45, 7) is 4.06. The van der Waals surface area contributed by atoms with Crippen molar-refractivity contribution in [3.63, 3.8) is 0 Å². The molecule has 6 nitrogen and oxygen atoms in total. The van der Waals surface area contributed by atoms with Crippen LogP contribution in [0.1, 0.15) is 41.2 Å². The fraction of sp³-hybridized carbons (Fsp3) is 0.333. The van der Waals surface area contributed by atoms with Gasteiger partial charge in [-0.05, 0) is 37.1 Å². The predicted octanol–water partition coefficient (Wildman–Crippen LogP) is 2.82. The maximum Gasteiger partial charge on any atom is 0.257 e. The second-order valence-electron chi connectivity index (χ2n) is 5.50. The van der Waals surface area contributed by atoms with E-state index in [1.54, 1.807) is 0 Å². The van der Waals surface area contributed by atoms with Gasteiger partial charge >= 0.3 is 0 Å². The van der Waals surface area contributed by atoms with E-state index in [4.69, 9.17) is 6.42 Å². The van der Waals surface area contributed by atoms with Gasteiger partial charge in [0.05, 0.1) is 17.1 Å². The zero-order valence-electron chi connectivity index (χ0n) is 14.7. The molecule has 1 aromatic heterocycles. The zero-order chi connectivity index (χ0) is 19.2. The molecule has 0 saturated heterocycles. The Labute approximate surface area is 158 Å². The molecule has 0 atom stereocenters. The molecule has 0 aliphatic heterocycles. The van der Waals surface area contributed by atoms with Gasteiger partial charge in [-0.25, -0.2) is 13.4 Å². The quantitative estimate of drug-likeness (QED) is 0.677. The normalized spacial score (nSPS) is 11.1. The Morgan fingerprint density at radius 3 is 2.54 bits per heavy atom. The van der Waals surface area contributed by atoms with Crippen molar-refractivity contribution in [2.75, 3.05) is 11.9 Å². The number of terminal acetylenes is 1. The van der Waals surface area contributed by atoms with E-state index in [9.17, 15) is 13.2 Å². The van der Waals surface area contributed by atoms with Gasteiger partial charge in [-0.1, -0.05) is 26.2 Å². The fourth-order valence-corrected chi connectivity index (χ4v) is 4.20. The molecule has 2 aromatic rings. The fourth-order valence-electron chi connectivity index (χ4n) is 2.32. The highest BCUT2D eigenvalue weighted by Crippen LogP contribution is 2.25. The van der Waals surface area contributed by atoms with Crippen LogP contribution in [0.4, 0.5) is 5.13 Å². The van der Waals surface area contributed by atoms with E-state index in [0.29, 0.717) is 10.7 Å². The first-order valence-corrected chi connectivity index (χ1v) is 10.5.